The van der Waals surface area contributed by atoms with Crippen molar-refractivity contribution in [2.24, 2.45) is 11.8 Å². The molecular formula is C24H30O7. The van der Waals surface area contributed by atoms with Crippen molar-refractivity contribution in [3.63, 3.8) is 0 Å². The number of rotatable bonds is 6. The van der Waals surface area contributed by atoms with E-state index in [1.165, 1.54) is 14.2 Å². The molecule has 1 aliphatic carbocycles. The van der Waals surface area contributed by atoms with Gasteiger partial charge in [0.05, 0.1) is 42.7 Å². The van der Waals surface area contributed by atoms with E-state index in [0.29, 0.717) is 52.0 Å². The first-order valence-corrected chi connectivity index (χ1v) is 10.1. The number of benzene rings is 2. The van der Waals surface area contributed by atoms with E-state index in [1.807, 2.05) is 13.0 Å². The molecule has 0 spiro atoms. The van der Waals surface area contributed by atoms with E-state index in [9.17, 15) is 4.79 Å². The molecule has 168 valence electrons. The minimum absolute atomic E-state index is 0.00393. The van der Waals surface area contributed by atoms with Crippen molar-refractivity contribution in [3.8, 4) is 45.6 Å². The lowest BCUT2D eigenvalue weighted by Gasteiger charge is -2.30. The normalized spacial score (nSPS) is 17.6. The molecule has 7 heteroatoms. The fourth-order valence-corrected chi connectivity index (χ4v) is 4.27. The van der Waals surface area contributed by atoms with E-state index < -0.39 is 0 Å². The van der Waals surface area contributed by atoms with Gasteiger partial charge in [-0.3, -0.25) is 4.79 Å². The minimum Gasteiger partial charge on any atom is -0.493 e. The van der Waals surface area contributed by atoms with Crippen LogP contribution in [0.4, 0.5) is 0 Å². The van der Waals surface area contributed by atoms with Crippen LogP contribution in [0.15, 0.2) is 12.1 Å². The van der Waals surface area contributed by atoms with Gasteiger partial charge >= 0.3 is 0 Å². The Balaban J connectivity index is 2.58. The second-order valence-corrected chi connectivity index (χ2v) is 7.58. The molecule has 0 amide bonds. The fourth-order valence-electron chi connectivity index (χ4n) is 4.27. The van der Waals surface area contributed by atoms with Gasteiger partial charge in [0.25, 0.3) is 0 Å². The SMILES string of the molecule is COc1cc2c(c(OC)c1OC)-c1c(cc(OC)c(OC)c1OC)C(=O)C(C)C(C)C2. The average Bonchev–Trinajstić information content (AvgIpc) is 2.79. The molecule has 0 fully saturated rings. The standard InChI is InChI=1S/C24H30O7/c1-12-9-14-10-16(26-3)21(28-5)23(30-7)18(14)19-15(20(25)13(12)2)11-17(27-4)22(29-6)24(19)31-8/h10-13H,9H2,1-8H3. The van der Waals surface area contributed by atoms with Crippen LogP contribution in [-0.2, 0) is 6.42 Å². The maximum atomic E-state index is 13.6. The zero-order valence-electron chi connectivity index (χ0n) is 19.4. The Morgan fingerprint density at radius 1 is 0.677 bits per heavy atom. The first kappa shape index (κ1) is 22.6. The highest BCUT2D eigenvalue weighted by Crippen LogP contribution is 2.55. The van der Waals surface area contributed by atoms with Crippen LogP contribution in [0, 0.1) is 11.8 Å². The topological polar surface area (TPSA) is 72.5 Å². The number of ketones is 1. The van der Waals surface area contributed by atoms with E-state index in [2.05, 4.69) is 6.92 Å². The lowest BCUT2D eigenvalue weighted by molar-refractivity contribution is 0.0892. The van der Waals surface area contributed by atoms with E-state index in [-0.39, 0.29) is 17.6 Å². The number of carbonyl (C=O) groups is 1. The summed E-state index contributed by atoms with van der Waals surface area (Å²) in [5, 5.41) is 0. The Morgan fingerprint density at radius 3 is 1.65 bits per heavy atom. The van der Waals surface area contributed by atoms with Gasteiger partial charge in [0, 0.05) is 22.6 Å². The highest BCUT2D eigenvalue weighted by atomic mass is 16.5. The molecule has 0 saturated heterocycles. The molecule has 2 unspecified atom stereocenters. The van der Waals surface area contributed by atoms with E-state index in [0.717, 1.165) is 11.1 Å². The average molecular weight is 430 g/mol. The first-order chi connectivity index (χ1) is 14.9. The van der Waals surface area contributed by atoms with Gasteiger partial charge in [0.1, 0.15) is 0 Å². The molecule has 2 aromatic rings. The summed E-state index contributed by atoms with van der Waals surface area (Å²) in [6, 6.07) is 3.66. The maximum Gasteiger partial charge on any atom is 0.203 e. The summed E-state index contributed by atoms with van der Waals surface area (Å²) in [5.74, 6) is 2.58. The second-order valence-electron chi connectivity index (χ2n) is 7.58. The van der Waals surface area contributed by atoms with Crippen molar-refractivity contribution < 1.29 is 33.2 Å². The first-order valence-electron chi connectivity index (χ1n) is 10.1. The summed E-state index contributed by atoms with van der Waals surface area (Å²) in [4.78, 5) is 13.6. The van der Waals surface area contributed by atoms with Crippen LogP contribution in [0.2, 0.25) is 0 Å². The molecule has 0 saturated carbocycles. The lowest BCUT2D eigenvalue weighted by atomic mass is 9.77. The Bertz CT molecular complexity index is 996. The molecule has 0 N–H and O–H groups in total. The predicted molar refractivity (Wildman–Crippen MR) is 118 cm³/mol. The molecule has 0 radical (unpaired) electrons. The summed E-state index contributed by atoms with van der Waals surface area (Å²) >= 11 is 0. The molecule has 0 bridgehead atoms. The molecule has 31 heavy (non-hydrogen) atoms. The van der Waals surface area contributed by atoms with Gasteiger partial charge in [-0.15, -0.1) is 0 Å². The van der Waals surface area contributed by atoms with Crippen LogP contribution in [-0.4, -0.2) is 48.4 Å². The lowest BCUT2D eigenvalue weighted by Crippen LogP contribution is -2.24. The van der Waals surface area contributed by atoms with Gasteiger partial charge in [-0.25, -0.2) is 0 Å². The highest BCUT2D eigenvalue weighted by molar-refractivity contribution is 6.08. The molecule has 2 atom stereocenters. The van der Waals surface area contributed by atoms with Crippen LogP contribution in [0.25, 0.3) is 11.1 Å². The van der Waals surface area contributed by atoms with Gasteiger partial charge in [-0.1, -0.05) is 13.8 Å². The molecule has 0 aliphatic heterocycles. The van der Waals surface area contributed by atoms with Gasteiger partial charge in [0.15, 0.2) is 28.8 Å². The number of hydrogen-bond acceptors (Lipinski definition) is 7. The van der Waals surface area contributed by atoms with Crippen molar-refractivity contribution in [2.75, 3.05) is 42.7 Å². The third-order valence-corrected chi connectivity index (χ3v) is 6.07. The molecule has 2 aromatic carbocycles. The van der Waals surface area contributed by atoms with Crippen LogP contribution < -0.4 is 28.4 Å². The Labute approximate surface area is 183 Å². The third-order valence-electron chi connectivity index (χ3n) is 6.07. The summed E-state index contributed by atoms with van der Waals surface area (Å²) in [5.41, 5.74) is 2.77. The van der Waals surface area contributed by atoms with Crippen LogP contribution in [0.5, 0.6) is 34.5 Å². The smallest absolute Gasteiger partial charge is 0.203 e. The largest absolute Gasteiger partial charge is 0.493 e. The fraction of sp³-hybridized carbons (Fsp3) is 0.458. The molecule has 3 rings (SSSR count). The van der Waals surface area contributed by atoms with E-state index >= 15 is 0 Å². The van der Waals surface area contributed by atoms with E-state index in [4.69, 9.17) is 28.4 Å². The quantitative estimate of drug-likeness (QED) is 0.672. The van der Waals surface area contributed by atoms with Crippen LogP contribution in [0.1, 0.15) is 29.8 Å². The van der Waals surface area contributed by atoms with Crippen molar-refractivity contribution in [2.45, 2.75) is 20.3 Å². The molecule has 0 heterocycles. The van der Waals surface area contributed by atoms with Crippen molar-refractivity contribution in [1.29, 1.82) is 0 Å². The number of hydrogen-bond donors (Lipinski definition) is 0. The highest BCUT2D eigenvalue weighted by Gasteiger charge is 2.36. The monoisotopic (exact) mass is 430 g/mol. The zero-order chi connectivity index (χ0) is 22.9. The van der Waals surface area contributed by atoms with Gasteiger partial charge in [0.2, 0.25) is 11.5 Å². The molecule has 1 aliphatic rings. The van der Waals surface area contributed by atoms with Crippen LogP contribution >= 0.6 is 0 Å². The summed E-state index contributed by atoms with van der Waals surface area (Å²) in [7, 11) is 9.32. The summed E-state index contributed by atoms with van der Waals surface area (Å²) in [6.07, 6.45) is 0.649. The number of Topliss-reactive ketones (excluding diaryl/α,β-unsaturated/α-hetero) is 1. The van der Waals surface area contributed by atoms with Crippen molar-refractivity contribution >= 4 is 5.78 Å². The van der Waals surface area contributed by atoms with Gasteiger partial charge in [-0.2, -0.15) is 0 Å². The third kappa shape index (κ3) is 3.52. The van der Waals surface area contributed by atoms with Crippen molar-refractivity contribution in [3.05, 3.63) is 23.3 Å². The zero-order valence-corrected chi connectivity index (χ0v) is 19.4. The summed E-state index contributed by atoms with van der Waals surface area (Å²) < 4.78 is 33.9. The number of ether oxygens (including phenoxy) is 6. The van der Waals surface area contributed by atoms with Crippen molar-refractivity contribution in [1.82, 2.24) is 0 Å². The summed E-state index contributed by atoms with van der Waals surface area (Å²) in [6.45, 7) is 4.02. The number of fused-ring (bicyclic) bond motifs is 3. The molecule has 0 aromatic heterocycles. The van der Waals surface area contributed by atoms with E-state index in [1.54, 1.807) is 34.5 Å². The number of methoxy groups -OCH3 is 6. The van der Waals surface area contributed by atoms with Crippen LogP contribution in [0.3, 0.4) is 0 Å². The van der Waals surface area contributed by atoms with Gasteiger partial charge in [-0.05, 0) is 30.0 Å². The van der Waals surface area contributed by atoms with Gasteiger partial charge < -0.3 is 28.4 Å². The Hall–Kier alpha value is -3.09. The minimum atomic E-state index is -0.214. The maximum absolute atomic E-state index is 13.6. The number of carbonyl (C=O) groups excluding carboxylic acids is 1. The second kappa shape index (κ2) is 8.96. The molecule has 7 nitrogen and oxygen atoms in total. The molecular weight excluding hydrogens is 400 g/mol. The predicted octanol–water partition coefficient (Wildman–Crippen LogP) is 4.42. The Morgan fingerprint density at radius 2 is 1.16 bits per heavy atom. The Kier molecular flexibility index (Phi) is 6.53.